The van der Waals surface area contributed by atoms with E-state index in [1.165, 1.54) is 5.56 Å². The topological polar surface area (TPSA) is 59.9 Å². The molecule has 0 spiro atoms. The van der Waals surface area contributed by atoms with E-state index in [-0.39, 0.29) is 11.2 Å². The van der Waals surface area contributed by atoms with Gasteiger partial charge in [0.2, 0.25) is 0 Å². The Kier molecular flexibility index (Phi) is 8.45. The SMILES string of the molecule is C=CCOc1ccc(/C=N\NC(=O)[C@H](C)SCc2ccccc2)cc1OC. The monoisotopic (exact) mass is 384 g/mol. The molecule has 2 aromatic rings. The molecule has 142 valence electrons. The first-order chi connectivity index (χ1) is 13.1. The van der Waals surface area contributed by atoms with Gasteiger partial charge in [-0.25, -0.2) is 5.43 Å². The molecular weight excluding hydrogens is 360 g/mol. The molecular formula is C21H24N2O3S. The van der Waals surface area contributed by atoms with Crippen molar-refractivity contribution >= 4 is 23.9 Å². The Hall–Kier alpha value is -2.73. The molecule has 0 unspecified atom stereocenters. The molecule has 1 amide bonds. The molecule has 0 aliphatic carbocycles. The van der Waals surface area contributed by atoms with E-state index in [1.54, 1.807) is 43.3 Å². The molecule has 0 saturated heterocycles. The molecule has 1 atom stereocenters. The molecule has 0 aliphatic rings. The van der Waals surface area contributed by atoms with Crippen molar-refractivity contribution in [3.05, 3.63) is 72.3 Å². The minimum atomic E-state index is -0.202. The van der Waals surface area contributed by atoms with Crippen LogP contribution in [0.5, 0.6) is 11.5 Å². The molecule has 0 aromatic heterocycles. The number of carbonyl (C=O) groups excluding carboxylic acids is 1. The van der Waals surface area contributed by atoms with Gasteiger partial charge in [-0.2, -0.15) is 5.10 Å². The van der Waals surface area contributed by atoms with Crippen LogP contribution in [0.1, 0.15) is 18.1 Å². The Labute approximate surface area is 164 Å². The number of benzene rings is 2. The summed E-state index contributed by atoms with van der Waals surface area (Å²) in [6.07, 6.45) is 3.24. The van der Waals surface area contributed by atoms with Gasteiger partial charge in [-0.3, -0.25) is 4.79 Å². The minimum Gasteiger partial charge on any atom is -0.493 e. The van der Waals surface area contributed by atoms with Crippen molar-refractivity contribution in [1.82, 2.24) is 5.43 Å². The number of nitrogens with zero attached hydrogens (tertiary/aromatic N) is 1. The van der Waals surface area contributed by atoms with E-state index in [1.807, 2.05) is 43.3 Å². The lowest BCUT2D eigenvalue weighted by atomic mass is 10.2. The number of hydrogen-bond donors (Lipinski definition) is 1. The van der Waals surface area contributed by atoms with Gasteiger partial charge >= 0.3 is 0 Å². The highest BCUT2D eigenvalue weighted by atomic mass is 32.2. The zero-order valence-electron chi connectivity index (χ0n) is 15.6. The van der Waals surface area contributed by atoms with Crippen LogP contribution in [0, 0.1) is 0 Å². The van der Waals surface area contributed by atoms with Crippen LogP contribution < -0.4 is 14.9 Å². The van der Waals surface area contributed by atoms with Crippen LogP contribution in [-0.2, 0) is 10.5 Å². The largest absolute Gasteiger partial charge is 0.493 e. The number of thioether (sulfide) groups is 1. The van der Waals surface area contributed by atoms with Crippen LogP contribution in [-0.4, -0.2) is 31.1 Å². The maximum Gasteiger partial charge on any atom is 0.252 e. The standard InChI is InChI=1S/C21H24N2O3S/c1-4-12-26-19-11-10-18(13-20(19)25-3)14-22-23-21(24)16(2)27-15-17-8-6-5-7-9-17/h4-11,13-14,16H,1,12,15H2,2-3H3,(H,23,24)/b22-14-/t16-/m0/s1. The molecule has 1 N–H and O–H groups in total. The first-order valence-corrected chi connectivity index (χ1v) is 9.59. The molecule has 0 heterocycles. The summed E-state index contributed by atoms with van der Waals surface area (Å²) in [6.45, 7) is 5.89. The highest BCUT2D eigenvalue weighted by Crippen LogP contribution is 2.27. The summed E-state index contributed by atoms with van der Waals surface area (Å²) in [5.74, 6) is 1.87. The van der Waals surface area contributed by atoms with Gasteiger partial charge in [0.05, 0.1) is 18.6 Å². The highest BCUT2D eigenvalue weighted by molar-refractivity contribution is 7.99. The quantitative estimate of drug-likeness (QED) is 0.382. The second kappa shape index (κ2) is 11.1. The van der Waals surface area contributed by atoms with E-state index in [0.717, 1.165) is 11.3 Å². The van der Waals surface area contributed by atoms with Crippen molar-refractivity contribution in [3.63, 3.8) is 0 Å². The first kappa shape index (κ1) is 20.6. The number of carbonyl (C=O) groups is 1. The summed E-state index contributed by atoms with van der Waals surface area (Å²) in [5.41, 5.74) is 4.56. The maximum absolute atomic E-state index is 12.2. The van der Waals surface area contributed by atoms with Gasteiger partial charge in [0, 0.05) is 5.75 Å². The molecule has 0 radical (unpaired) electrons. The third-order valence-electron chi connectivity index (χ3n) is 3.64. The minimum absolute atomic E-state index is 0.134. The summed E-state index contributed by atoms with van der Waals surface area (Å²) in [5, 5.41) is 3.83. The molecule has 0 fully saturated rings. The van der Waals surface area contributed by atoms with Crippen LogP contribution in [0.2, 0.25) is 0 Å². The van der Waals surface area contributed by atoms with E-state index in [4.69, 9.17) is 9.47 Å². The number of amides is 1. The predicted molar refractivity (Wildman–Crippen MR) is 112 cm³/mol. The molecule has 0 bridgehead atoms. The van der Waals surface area contributed by atoms with Gasteiger partial charge < -0.3 is 9.47 Å². The normalized spacial score (nSPS) is 11.8. The van der Waals surface area contributed by atoms with Crippen LogP contribution in [0.25, 0.3) is 0 Å². The molecule has 6 heteroatoms. The molecule has 27 heavy (non-hydrogen) atoms. The van der Waals surface area contributed by atoms with Gasteiger partial charge in [-0.1, -0.05) is 43.0 Å². The Morgan fingerprint density at radius 2 is 2.04 bits per heavy atom. The number of hydrazone groups is 1. The fourth-order valence-electron chi connectivity index (χ4n) is 2.16. The summed E-state index contributed by atoms with van der Waals surface area (Å²) in [7, 11) is 1.57. The van der Waals surface area contributed by atoms with Crippen LogP contribution in [0.15, 0.2) is 66.3 Å². The lowest BCUT2D eigenvalue weighted by molar-refractivity contribution is -0.120. The molecule has 2 rings (SSSR count). The maximum atomic E-state index is 12.2. The van der Waals surface area contributed by atoms with E-state index in [9.17, 15) is 4.79 Å². The van der Waals surface area contributed by atoms with Crippen LogP contribution in [0.4, 0.5) is 0 Å². The van der Waals surface area contributed by atoms with Gasteiger partial charge in [0.15, 0.2) is 11.5 Å². The van der Waals surface area contributed by atoms with Crippen molar-refractivity contribution in [2.24, 2.45) is 5.10 Å². The van der Waals surface area contributed by atoms with E-state index in [2.05, 4.69) is 17.1 Å². The number of methoxy groups -OCH3 is 1. The fourth-order valence-corrected chi connectivity index (χ4v) is 3.00. The van der Waals surface area contributed by atoms with Crippen molar-refractivity contribution < 1.29 is 14.3 Å². The van der Waals surface area contributed by atoms with Crippen LogP contribution in [0.3, 0.4) is 0 Å². The number of ether oxygens (including phenoxy) is 2. The lowest BCUT2D eigenvalue weighted by Crippen LogP contribution is -2.27. The number of hydrogen-bond acceptors (Lipinski definition) is 5. The van der Waals surface area contributed by atoms with Gasteiger partial charge in [0.1, 0.15) is 6.61 Å². The lowest BCUT2D eigenvalue weighted by Gasteiger charge is -2.10. The Morgan fingerprint density at radius 1 is 1.26 bits per heavy atom. The third-order valence-corrected chi connectivity index (χ3v) is 4.86. The summed E-state index contributed by atoms with van der Waals surface area (Å²) in [6, 6.07) is 15.5. The van der Waals surface area contributed by atoms with E-state index in [0.29, 0.717) is 18.1 Å². The highest BCUT2D eigenvalue weighted by Gasteiger charge is 2.12. The van der Waals surface area contributed by atoms with Crippen LogP contribution >= 0.6 is 11.8 Å². The molecule has 2 aromatic carbocycles. The summed E-state index contributed by atoms with van der Waals surface area (Å²) >= 11 is 1.57. The van der Waals surface area contributed by atoms with Gasteiger partial charge in [-0.05, 0) is 36.2 Å². The zero-order chi connectivity index (χ0) is 19.5. The van der Waals surface area contributed by atoms with Crippen molar-refractivity contribution in [2.45, 2.75) is 17.9 Å². The van der Waals surface area contributed by atoms with E-state index < -0.39 is 0 Å². The smallest absolute Gasteiger partial charge is 0.252 e. The summed E-state index contributed by atoms with van der Waals surface area (Å²) < 4.78 is 10.8. The second-order valence-corrected chi connectivity index (χ2v) is 7.01. The number of rotatable bonds is 10. The Bertz CT molecular complexity index is 778. The summed E-state index contributed by atoms with van der Waals surface area (Å²) in [4.78, 5) is 12.2. The number of nitrogens with one attached hydrogen (secondary N) is 1. The Morgan fingerprint density at radius 3 is 2.74 bits per heavy atom. The van der Waals surface area contributed by atoms with Gasteiger partial charge in [-0.15, -0.1) is 11.8 Å². The second-order valence-electron chi connectivity index (χ2n) is 5.68. The average molecular weight is 385 g/mol. The van der Waals surface area contributed by atoms with Crippen molar-refractivity contribution in [3.8, 4) is 11.5 Å². The van der Waals surface area contributed by atoms with Crippen molar-refractivity contribution in [2.75, 3.05) is 13.7 Å². The Balaban J connectivity index is 1.86. The zero-order valence-corrected chi connectivity index (χ0v) is 16.4. The molecule has 0 saturated carbocycles. The van der Waals surface area contributed by atoms with Gasteiger partial charge in [0.25, 0.3) is 5.91 Å². The van der Waals surface area contributed by atoms with Crippen molar-refractivity contribution in [1.29, 1.82) is 0 Å². The molecule has 0 aliphatic heterocycles. The third kappa shape index (κ3) is 6.83. The average Bonchev–Trinajstić information content (AvgIpc) is 2.71. The first-order valence-electron chi connectivity index (χ1n) is 8.54. The van der Waals surface area contributed by atoms with E-state index >= 15 is 0 Å². The molecule has 5 nitrogen and oxygen atoms in total. The fraction of sp³-hybridized carbons (Fsp3) is 0.238. The predicted octanol–water partition coefficient (Wildman–Crippen LogP) is 4.03.